The molecule has 0 bridgehead atoms. The molecule has 2 aromatic rings. The van der Waals surface area contributed by atoms with E-state index >= 15 is 0 Å². The molecule has 124 valence electrons. The molecule has 3 heterocycles. The van der Waals surface area contributed by atoms with E-state index < -0.39 is 5.60 Å². The lowest BCUT2D eigenvalue weighted by Crippen LogP contribution is -2.42. The summed E-state index contributed by atoms with van der Waals surface area (Å²) in [7, 11) is 0. The topological polar surface area (TPSA) is 47.4 Å². The zero-order chi connectivity index (χ0) is 16.6. The normalized spacial score (nSPS) is 16.8. The monoisotopic (exact) mass is 335 g/mol. The van der Waals surface area contributed by atoms with Crippen LogP contribution in [0.3, 0.4) is 0 Å². The molecule has 1 fully saturated rings. The van der Waals surface area contributed by atoms with Crippen molar-refractivity contribution in [1.82, 2.24) is 14.5 Å². The Kier molecular flexibility index (Phi) is 4.23. The lowest BCUT2D eigenvalue weighted by Gasteiger charge is -2.34. The second kappa shape index (κ2) is 6.04. The second-order valence-electron chi connectivity index (χ2n) is 6.97. The average molecular weight is 336 g/mol. The number of carbonyl (C=O) groups excluding carboxylic acids is 1. The summed E-state index contributed by atoms with van der Waals surface area (Å²) in [6.07, 6.45) is 3.60. The van der Waals surface area contributed by atoms with E-state index in [4.69, 9.17) is 16.3 Å². The second-order valence-corrected chi connectivity index (χ2v) is 7.36. The van der Waals surface area contributed by atoms with Crippen LogP contribution in [0.25, 0.3) is 11.0 Å². The van der Waals surface area contributed by atoms with E-state index in [0.717, 1.165) is 23.9 Å². The number of halogens is 1. The zero-order valence-corrected chi connectivity index (χ0v) is 14.5. The van der Waals surface area contributed by atoms with Crippen LogP contribution in [0.15, 0.2) is 24.4 Å². The Morgan fingerprint density at radius 2 is 1.96 bits per heavy atom. The number of ether oxygens (including phenoxy) is 1. The first-order valence-electron chi connectivity index (χ1n) is 7.94. The van der Waals surface area contributed by atoms with Gasteiger partial charge < -0.3 is 14.2 Å². The maximum absolute atomic E-state index is 12.1. The number of hydrogen-bond acceptors (Lipinski definition) is 3. The van der Waals surface area contributed by atoms with E-state index in [-0.39, 0.29) is 6.09 Å². The standard InChI is InChI=1S/C17H22ClN3O2/c1-17(2,3)23-16(22)20-9-7-13(8-10-20)21-11-6-12-4-5-14(18)19-15(12)21/h4-6,11,13H,7-10H2,1-3H3. The number of rotatable bonds is 1. The smallest absolute Gasteiger partial charge is 0.410 e. The summed E-state index contributed by atoms with van der Waals surface area (Å²) in [6.45, 7) is 7.05. The van der Waals surface area contributed by atoms with Crippen molar-refractivity contribution in [3.05, 3.63) is 29.5 Å². The highest BCUT2D eigenvalue weighted by Gasteiger charge is 2.28. The Bertz CT molecular complexity index is 712. The molecule has 0 unspecified atom stereocenters. The van der Waals surface area contributed by atoms with Gasteiger partial charge in [0.05, 0.1) is 0 Å². The van der Waals surface area contributed by atoms with Gasteiger partial charge in [-0.05, 0) is 51.8 Å². The number of aromatic nitrogens is 2. The molecule has 5 nitrogen and oxygen atoms in total. The number of carbonyl (C=O) groups is 1. The highest BCUT2D eigenvalue weighted by Crippen LogP contribution is 2.28. The number of fused-ring (bicyclic) bond motifs is 1. The van der Waals surface area contributed by atoms with Gasteiger partial charge in [0.1, 0.15) is 16.4 Å². The molecule has 0 N–H and O–H groups in total. The van der Waals surface area contributed by atoms with Crippen LogP contribution < -0.4 is 0 Å². The van der Waals surface area contributed by atoms with Crippen molar-refractivity contribution < 1.29 is 9.53 Å². The Morgan fingerprint density at radius 3 is 2.61 bits per heavy atom. The van der Waals surface area contributed by atoms with Gasteiger partial charge >= 0.3 is 6.09 Å². The van der Waals surface area contributed by atoms with Crippen LogP contribution in [0.1, 0.15) is 39.7 Å². The summed E-state index contributed by atoms with van der Waals surface area (Å²) in [5, 5.41) is 1.59. The molecule has 0 saturated carbocycles. The third-order valence-electron chi connectivity index (χ3n) is 4.04. The van der Waals surface area contributed by atoms with Gasteiger partial charge in [-0.15, -0.1) is 0 Å². The molecule has 1 aliphatic rings. The molecular formula is C17H22ClN3O2. The molecule has 1 saturated heterocycles. The summed E-state index contributed by atoms with van der Waals surface area (Å²) in [5.74, 6) is 0. The first kappa shape index (κ1) is 16.1. The van der Waals surface area contributed by atoms with E-state index in [0.29, 0.717) is 24.3 Å². The van der Waals surface area contributed by atoms with Gasteiger partial charge in [-0.2, -0.15) is 0 Å². The lowest BCUT2D eigenvalue weighted by molar-refractivity contribution is 0.0189. The summed E-state index contributed by atoms with van der Waals surface area (Å²) in [4.78, 5) is 18.4. The fourth-order valence-electron chi connectivity index (χ4n) is 2.95. The van der Waals surface area contributed by atoms with E-state index in [1.54, 1.807) is 11.0 Å². The Morgan fingerprint density at radius 1 is 1.26 bits per heavy atom. The summed E-state index contributed by atoms with van der Waals surface area (Å²) in [6, 6.07) is 6.17. The molecule has 0 aliphatic carbocycles. The molecule has 0 radical (unpaired) electrons. The van der Waals surface area contributed by atoms with Crippen LogP contribution in [-0.4, -0.2) is 39.2 Å². The van der Waals surface area contributed by atoms with Crippen molar-refractivity contribution in [2.45, 2.75) is 45.3 Å². The van der Waals surface area contributed by atoms with Gasteiger partial charge in [-0.3, -0.25) is 0 Å². The third kappa shape index (κ3) is 3.61. The SMILES string of the molecule is CC(C)(C)OC(=O)N1CCC(n2ccc3ccc(Cl)nc32)CC1. The molecule has 2 aromatic heterocycles. The quantitative estimate of drug-likeness (QED) is 0.731. The largest absolute Gasteiger partial charge is 0.444 e. The maximum Gasteiger partial charge on any atom is 0.410 e. The molecule has 0 spiro atoms. The fraction of sp³-hybridized carbons (Fsp3) is 0.529. The molecule has 23 heavy (non-hydrogen) atoms. The molecule has 3 rings (SSSR count). The molecule has 1 aliphatic heterocycles. The number of pyridine rings is 1. The predicted octanol–water partition coefficient (Wildman–Crippen LogP) is 4.26. The van der Waals surface area contributed by atoms with E-state index in [1.165, 1.54) is 0 Å². The van der Waals surface area contributed by atoms with Crippen molar-refractivity contribution >= 4 is 28.7 Å². The van der Waals surface area contributed by atoms with Gasteiger partial charge in [0.15, 0.2) is 0 Å². The lowest BCUT2D eigenvalue weighted by atomic mass is 10.1. The minimum atomic E-state index is -0.453. The van der Waals surface area contributed by atoms with Gasteiger partial charge in [0.25, 0.3) is 0 Å². The minimum Gasteiger partial charge on any atom is -0.444 e. The van der Waals surface area contributed by atoms with Crippen LogP contribution in [-0.2, 0) is 4.74 Å². The van der Waals surface area contributed by atoms with Crippen LogP contribution in [0.2, 0.25) is 5.15 Å². The first-order valence-corrected chi connectivity index (χ1v) is 8.32. The van der Waals surface area contributed by atoms with Crippen LogP contribution in [0, 0.1) is 0 Å². The van der Waals surface area contributed by atoms with E-state index in [1.807, 2.05) is 26.8 Å². The van der Waals surface area contributed by atoms with Crippen LogP contribution in [0.5, 0.6) is 0 Å². The minimum absolute atomic E-state index is 0.227. The van der Waals surface area contributed by atoms with Crippen molar-refractivity contribution in [3.63, 3.8) is 0 Å². The van der Waals surface area contributed by atoms with Crippen molar-refractivity contribution in [1.29, 1.82) is 0 Å². The maximum atomic E-state index is 12.1. The molecular weight excluding hydrogens is 314 g/mol. The van der Waals surface area contributed by atoms with Gasteiger partial charge in [0.2, 0.25) is 0 Å². The average Bonchev–Trinajstić information content (AvgIpc) is 2.88. The van der Waals surface area contributed by atoms with Gasteiger partial charge in [-0.25, -0.2) is 9.78 Å². The highest BCUT2D eigenvalue weighted by molar-refractivity contribution is 6.29. The Balaban J connectivity index is 1.69. The summed E-state index contributed by atoms with van der Waals surface area (Å²) in [5.41, 5.74) is 0.457. The van der Waals surface area contributed by atoms with Crippen molar-refractivity contribution in [2.75, 3.05) is 13.1 Å². The van der Waals surface area contributed by atoms with Crippen molar-refractivity contribution in [2.24, 2.45) is 0 Å². The third-order valence-corrected chi connectivity index (χ3v) is 4.25. The highest BCUT2D eigenvalue weighted by atomic mass is 35.5. The number of piperidine rings is 1. The van der Waals surface area contributed by atoms with E-state index in [2.05, 4.69) is 21.8 Å². The van der Waals surface area contributed by atoms with Gasteiger partial charge in [0, 0.05) is 30.7 Å². The fourth-order valence-corrected chi connectivity index (χ4v) is 3.09. The summed E-state index contributed by atoms with van der Waals surface area (Å²) < 4.78 is 7.61. The molecule has 0 aromatic carbocycles. The Hall–Kier alpha value is -1.75. The molecule has 0 atom stereocenters. The Labute approximate surface area is 141 Å². The van der Waals surface area contributed by atoms with Crippen LogP contribution in [0.4, 0.5) is 4.79 Å². The number of hydrogen-bond donors (Lipinski definition) is 0. The van der Waals surface area contributed by atoms with Crippen molar-refractivity contribution in [3.8, 4) is 0 Å². The van der Waals surface area contributed by atoms with Gasteiger partial charge in [-0.1, -0.05) is 11.6 Å². The number of likely N-dealkylation sites (tertiary alicyclic amines) is 1. The first-order chi connectivity index (χ1) is 10.8. The van der Waals surface area contributed by atoms with Crippen LogP contribution >= 0.6 is 11.6 Å². The number of nitrogens with zero attached hydrogens (tertiary/aromatic N) is 3. The zero-order valence-electron chi connectivity index (χ0n) is 13.8. The summed E-state index contributed by atoms with van der Waals surface area (Å²) >= 11 is 6.02. The molecule has 1 amide bonds. The van der Waals surface area contributed by atoms with E-state index in [9.17, 15) is 4.79 Å². The predicted molar refractivity (Wildman–Crippen MR) is 90.8 cm³/mol. The number of amides is 1. The molecule has 6 heteroatoms.